The minimum Gasteiger partial charge on any atom is -0.491 e. The van der Waals surface area contributed by atoms with Crippen molar-refractivity contribution in [3.8, 4) is 5.75 Å². The van der Waals surface area contributed by atoms with Crippen molar-refractivity contribution in [3.63, 3.8) is 0 Å². The van der Waals surface area contributed by atoms with Crippen LogP contribution in [0.15, 0.2) is 46.9 Å². The Kier molecular flexibility index (Phi) is 5.32. The fraction of sp³-hybridized carbons (Fsp3) is 0.250. The van der Waals surface area contributed by atoms with Crippen molar-refractivity contribution in [3.05, 3.63) is 57.5 Å². The monoisotopic (exact) mass is 353 g/mol. The predicted molar refractivity (Wildman–Crippen MR) is 88.7 cm³/mol. The highest BCUT2D eigenvalue weighted by atomic mass is 79.9. The summed E-state index contributed by atoms with van der Waals surface area (Å²) in [6.45, 7) is 4.73. The van der Waals surface area contributed by atoms with Gasteiger partial charge < -0.3 is 10.1 Å². The number of rotatable bonds is 5. The normalized spacial score (nSPS) is 10.7. The Bertz CT molecular complexity index is 586. The van der Waals surface area contributed by atoms with Crippen molar-refractivity contribution >= 4 is 33.2 Å². The molecule has 2 aromatic rings. The van der Waals surface area contributed by atoms with Crippen molar-refractivity contribution in [2.45, 2.75) is 26.5 Å². The minimum absolute atomic E-state index is 0.161. The van der Waals surface area contributed by atoms with E-state index in [1.165, 1.54) is 0 Å². The number of anilines is 1. The number of para-hydroxylation sites is 1. The molecule has 0 heterocycles. The number of hydrogen-bond acceptors (Lipinski definition) is 2. The molecular weight excluding hydrogens is 338 g/mol. The number of benzene rings is 2. The fourth-order valence-electron chi connectivity index (χ4n) is 1.85. The van der Waals surface area contributed by atoms with Crippen LogP contribution in [-0.4, -0.2) is 6.10 Å². The fourth-order valence-corrected chi connectivity index (χ4v) is 2.43. The van der Waals surface area contributed by atoms with Crippen molar-refractivity contribution in [2.75, 3.05) is 5.32 Å². The molecule has 2 nitrogen and oxygen atoms in total. The van der Waals surface area contributed by atoms with Crippen LogP contribution in [0.3, 0.4) is 0 Å². The van der Waals surface area contributed by atoms with E-state index >= 15 is 0 Å². The second-order valence-corrected chi connectivity index (χ2v) is 5.93. The Balaban J connectivity index is 2.13. The molecule has 0 amide bonds. The van der Waals surface area contributed by atoms with Gasteiger partial charge in [0.05, 0.1) is 21.3 Å². The Hall–Kier alpha value is -1.19. The Morgan fingerprint density at radius 2 is 1.90 bits per heavy atom. The predicted octanol–water partition coefficient (Wildman–Crippen LogP) is 5.50. The van der Waals surface area contributed by atoms with Crippen LogP contribution in [0.2, 0.25) is 5.02 Å². The summed E-state index contributed by atoms with van der Waals surface area (Å²) in [6.07, 6.45) is 0.161. The quantitative estimate of drug-likeness (QED) is 0.765. The van der Waals surface area contributed by atoms with Gasteiger partial charge in [-0.05, 0) is 48.0 Å². The maximum absolute atomic E-state index is 6.08. The maximum atomic E-state index is 6.08. The SMILES string of the molecule is CC(C)Oc1ccccc1CNc1cccc(Cl)c1Br. The zero-order valence-corrected chi connectivity index (χ0v) is 13.8. The van der Waals surface area contributed by atoms with Gasteiger partial charge in [0, 0.05) is 12.1 Å². The van der Waals surface area contributed by atoms with Gasteiger partial charge in [0.1, 0.15) is 5.75 Å². The molecule has 2 rings (SSSR count). The Labute approximate surface area is 133 Å². The van der Waals surface area contributed by atoms with Gasteiger partial charge >= 0.3 is 0 Å². The molecule has 0 saturated carbocycles. The molecule has 0 aliphatic rings. The average Bonchev–Trinajstić information content (AvgIpc) is 2.41. The van der Waals surface area contributed by atoms with Crippen LogP contribution in [0.25, 0.3) is 0 Å². The molecule has 0 atom stereocenters. The largest absolute Gasteiger partial charge is 0.491 e. The number of hydrogen-bond donors (Lipinski definition) is 1. The topological polar surface area (TPSA) is 21.3 Å². The van der Waals surface area contributed by atoms with Gasteiger partial charge in [-0.15, -0.1) is 0 Å². The lowest BCUT2D eigenvalue weighted by Crippen LogP contribution is -2.09. The van der Waals surface area contributed by atoms with Gasteiger partial charge in [0.15, 0.2) is 0 Å². The van der Waals surface area contributed by atoms with E-state index in [1.807, 2.05) is 50.2 Å². The van der Waals surface area contributed by atoms with Crippen LogP contribution >= 0.6 is 27.5 Å². The average molecular weight is 355 g/mol. The molecular formula is C16H17BrClNO. The van der Waals surface area contributed by atoms with Crippen molar-refractivity contribution in [2.24, 2.45) is 0 Å². The molecule has 0 saturated heterocycles. The summed E-state index contributed by atoms with van der Waals surface area (Å²) < 4.78 is 6.69. The molecule has 0 aromatic heterocycles. The van der Waals surface area contributed by atoms with E-state index in [0.717, 1.165) is 21.5 Å². The molecule has 2 aromatic carbocycles. The van der Waals surface area contributed by atoms with Crippen LogP contribution in [-0.2, 0) is 6.54 Å². The Morgan fingerprint density at radius 1 is 1.15 bits per heavy atom. The van der Waals surface area contributed by atoms with E-state index in [-0.39, 0.29) is 6.10 Å². The first-order valence-corrected chi connectivity index (χ1v) is 7.67. The van der Waals surface area contributed by atoms with Crippen molar-refractivity contribution < 1.29 is 4.74 Å². The van der Waals surface area contributed by atoms with Crippen LogP contribution < -0.4 is 10.1 Å². The van der Waals surface area contributed by atoms with E-state index in [9.17, 15) is 0 Å². The minimum atomic E-state index is 0.161. The molecule has 0 bridgehead atoms. The lowest BCUT2D eigenvalue weighted by atomic mass is 10.2. The molecule has 0 fully saturated rings. The summed E-state index contributed by atoms with van der Waals surface area (Å²) in [6, 6.07) is 13.8. The lowest BCUT2D eigenvalue weighted by molar-refractivity contribution is 0.240. The van der Waals surface area contributed by atoms with Gasteiger partial charge in [-0.1, -0.05) is 35.9 Å². The molecule has 0 aliphatic carbocycles. The molecule has 0 spiro atoms. The lowest BCUT2D eigenvalue weighted by Gasteiger charge is -2.15. The third-order valence-electron chi connectivity index (χ3n) is 2.76. The first-order valence-electron chi connectivity index (χ1n) is 6.50. The van der Waals surface area contributed by atoms with Gasteiger partial charge in [0.2, 0.25) is 0 Å². The molecule has 0 aliphatic heterocycles. The standard InChI is InChI=1S/C16H17BrClNO/c1-11(2)20-15-9-4-3-6-12(15)10-19-14-8-5-7-13(18)16(14)17/h3-9,11,19H,10H2,1-2H3. The van der Waals surface area contributed by atoms with Gasteiger partial charge in [-0.2, -0.15) is 0 Å². The van der Waals surface area contributed by atoms with Crippen LogP contribution in [0, 0.1) is 0 Å². The van der Waals surface area contributed by atoms with Gasteiger partial charge in [-0.25, -0.2) is 0 Å². The van der Waals surface area contributed by atoms with E-state index < -0.39 is 0 Å². The van der Waals surface area contributed by atoms with Crippen LogP contribution in [0.4, 0.5) is 5.69 Å². The third kappa shape index (κ3) is 3.90. The summed E-state index contributed by atoms with van der Waals surface area (Å²) in [5, 5.41) is 4.07. The van der Waals surface area contributed by atoms with Gasteiger partial charge in [-0.3, -0.25) is 0 Å². The molecule has 20 heavy (non-hydrogen) atoms. The van der Waals surface area contributed by atoms with Crippen molar-refractivity contribution in [1.82, 2.24) is 0 Å². The highest BCUT2D eigenvalue weighted by molar-refractivity contribution is 9.10. The highest BCUT2D eigenvalue weighted by Gasteiger charge is 2.07. The number of ether oxygens (including phenoxy) is 1. The summed E-state index contributed by atoms with van der Waals surface area (Å²) in [5.74, 6) is 0.910. The summed E-state index contributed by atoms with van der Waals surface area (Å²) >= 11 is 9.57. The Morgan fingerprint density at radius 3 is 2.65 bits per heavy atom. The zero-order valence-electron chi connectivity index (χ0n) is 11.5. The first kappa shape index (κ1) is 15.2. The van der Waals surface area contributed by atoms with E-state index in [1.54, 1.807) is 0 Å². The van der Waals surface area contributed by atoms with Gasteiger partial charge in [0.25, 0.3) is 0 Å². The zero-order chi connectivity index (χ0) is 14.5. The second kappa shape index (κ2) is 7.00. The second-order valence-electron chi connectivity index (χ2n) is 4.73. The number of nitrogens with one attached hydrogen (secondary N) is 1. The summed E-state index contributed by atoms with van der Waals surface area (Å²) in [5.41, 5.74) is 2.09. The van der Waals surface area contributed by atoms with Crippen LogP contribution in [0.5, 0.6) is 5.75 Å². The molecule has 4 heteroatoms. The third-order valence-corrected chi connectivity index (χ3v) is 4.15. The van der Waals surface area contributed by atoms with E-state index in [4.69, 9.17) is 16.3 Å². The molecule has 0 unspecified atom stereocenters. The summed E-state index contributed by atoms with van der Waals surface area (Å²) in [7, 11) is 0. The van der Waals surface area contributed by atoms with Crippen molar-refractivity contribution in [1.29, 1.82) is 0 Å². The smallest absolute Gasteiger partial charge is 0.124 e. The maximum Gasteiger partial charge on any atom is 0.124 e. The first-order chi connectivity index (χ1) is 9.58. The van der Waals surface area contributed by atoms with E-state index in [0.29, 0.717) is 11.6 Å². The molecule has 0 radical (unpaired) electrons. The van der Waals surface area contributed by atoms with E-state index in [2.05, 4.69) is 27.3 Å². The summed E-state index contributed by atoms with van der Waals surface area (Å²) in [4.78, 5) is 0. The van der Waals surface area contributed by atoms with Crippen LogP contribution in [0.1, 0.15) is 19.4 Å². The molecule has 1 N–H and O–H groups in total. The number of halogens is 2. The molecule has 106 valence electrons. The highest BCUT2D eigenvalue weighted by Crippen LogP contribution is 2.31.